The van der Waals surface area contributed by atoms with E-state index in [4.69, 9.17) is 4.42 Å². The van der Waals surface area contributed by atoms with Gasteiger partial charge >= 0.3 is 0 Å². The third-order valence-corrected chi connectivity index (χ3v) is 3.41. The molecule has 1 N–H and O–H groups in total. The molecule has 0 spiro atoms. The normalized spacial score (nSPS) is 10.6. The molecule has 2 aromatic carbocycles. The molecule has 4 heteroatoms. The van der Waals surface area contributed by atoms with Gasteiger partial charge in [-0.1, -0.05) is 35.9 Å². The minimum Gasteiger partial charge on any atom is -0.423 e. The van der Waals surface area contributed by atoms with E-state index in [0.717, 1.165) is 17.8 Å². The number of aryl methyl sites for hydroxylation is 2. The van der Waals surface area contributed by atoms with Gasteiger partial charge in [0.15, 0.2) is 0 Å². The first-order valence-corrected chi connectivity index (χ1v) is 6.89. The Labute approximate surface area is 123 Å². The van der Waals surface area contributed by atoms with Gasteiger partial charge in [-0.3, -0.25) is 0 Å². The second kappa shape index (κ2) is 5.79. The molecule has 0 saturated carbocycles. The molecule has 0 aliphatic heterocycles. The molecule has 106 valence electrons. The summed E-state index contributed by atoms with van der Waals surface area (Å²) >= 11 is 0. The van der Waals surface area contributed by atoms with Gasteiger partial charge in [0.1, 0.15) is 0 Å². The number of hydrogen-bond acceptors (Lipinski definition) is 4. The zero-order valence-electron chi connectivity index (χ0n) is 12.1. The third kappa shape index (κ3) is 3.11. The van der Waals surface area contributed by atoms with Crippen LogP contribution >= 0.6 is 0 Å². The first-order valence-electron chi connectivity index (χ1n) is 6.89. The van der Waals surface area contributed by atoms with E-state index in [1.54, 1.807) is 0 Å². The summed E-state index contributed by atoms with van der Waals surface area (Å²) in [5.41, 5.74) is 5.71. The molecule has 0 aliphatic rings. The van der Waals surface area contributed by atoms with Gasteiger partial charge in [-0.25, -0.2) is 0 Å². The number of aromatic nitrogens is 2. The number of nitrogens with one attached hydrogen (secondary N) is 1. The first-order chi connectivity index (χ1) is 10.2. The Bertz CT molecular complexity index is 736. The van der Waals surface area contributed by atoms with Crippen LogP contribution in [0.25, 0.3) is 11.5 Å². The van der Waals surface area contributed by atoms with E-state index in [2.05, 4.69) is 59.7 Å². The highest BCUT2D eigenvalue weighted by Gasteiger charge is 2.06. The van der Waals surface area contributed by atoms with Crippen molar-refractivity contribution >= 4 is 5.69 Å². The van der Waals surface area contributed by atoms with Crippen molar-refractivity contribution in [2.75, 3.05) is 5.32 Å². The molecule has 1 heterocycles. The van der Waals surface area contributed by atoms with Gasteiger partial charge in [0, 0.05) is 17.8 Å². The van der Waals surface area contributed by atoms with E-state index in [-0.39, 0.29) is 0 Å². The fourth-order valence-corrected chi connectivity index (χ4v) is 2.26. The van der Waals surface area contributed by atoms with E-state index >= 15 is 0 Å². The van der Waals surface area contributed by atoms with Gasteiger partial charge in [-0.15, -0.1) is 10.2 Å². The lowest BCUT2D eigenvalue weighted by Gasteiger charge is -2.11. The van der Waals surface area contributed by atoms with Gasteiger partial charge in [0.2, 0.25) is 12.3 Å². The predicted octanol–water partition coefficient (Wildman–Crippen LogP) is 3.97. The SMILES string of the molecule is Cc1cccc(CNc2cc(-c3nnco3)ccc2C)c1. The average molecular weight is 279 g/mol. The topological polar surface area (TPSA) is 51.0 Å². The molecule has 0 bridgehead atoms. The lowest BCUT2D eigenvalue weighted by atomic mass is 10.1. The highest BCUT2D eigenvalue weighted by atomic mass is 16.4. The largest absolute Gasteiger partial charge is 0.423 e. The van der Waals surface area contributed by atoms with E-state index in [0.29, 0.717) is 5.89 Å². The summed E-state index contributed by atoms with van der Waals surface area (Å²) in [6.45, 7) is 4.97. The van der Waals surface area contributed by atoms with Crippen molar-refractivity contribution in [3.05, 3.63) is 65.5 Å². The number of anilines is 1. The molecule has 0 fully saturated rings. The molecule has 0 radical (unpaired) electrons. The quantitative estimate of drug-likeness (QED) is 0.785. The summed E-state index contributed by atoms with van der Waals surface area (Å²) in [6.07, 6.45) is 1.34. The molecular weight excluding hydrogens is 262 g/mol. The van der Waals surface area contributed by atoms with Crippen LogP contribution in [0, 0.1) is 13.8 Å². The lowest BCUT2D eigenvalue weighted by molar-refractivity contribution is 0.568. The standard InChI is InChI=1S/C17H17N3O/c1-12-4-3-5-14(8-12)10-18-16-9-15(7-6-13(16)2)17-20-19-11-21-17/h3-9,11,18H,10H2,1-2H3. The third-order valence-electron chi connectivity index (χ3n) is 3.41. The summed E-state index contributed by atoms with van der Waals surface area (Å²) in [6, 6.07) is 14.6. The van der Waals surface area contributed by atoms with Gasteiger partial charge < -0.3 is 9.73 Å². The Morgan fingerprint density at radius 1 is 1.10 bits per heavy atom. The Morgan fingerprint density at radius 2 is 2.00 bits per heavy atom. The number of benzene rings is 2. The van der Waals surface area contributed by atoms with E-state index in [1.807, 2.05) is 12.1 Å². The highest BCUT2D eigenvalue weighted by Crippen LogP contribution is 2.24. The molecule has 0 saturated heterocycles. The van der Waals surface area contributed by atoms with Crippen LogP contribution in [-0.4, -0.2) is 10.2 Å². The van der Waals surface area contributed by atoms with E-state index < -0.39 is 0 Å². The van der Waals surface area contributed by atoms with Gasteiger partial charge in [-0.05, 0) is 37.1 Å². The molecule has 3 rings (SSSR count). The fourth-order valence-electron chi connectivity index (χ4n) is 2.26. The molecule has 0 amide bonds. The van der Waals surface area contributed by atoms with Crippen molar-refractivity contribution in [2.24, 2.45) is 0 Å². The number of hydrogen-bond donors (Lipinski definition) is 1. The van der Waals surface area contributed by atoms with E-state index in [1.165, 1.54) is 23.1 Å². The average Bonchev–Trinajstić information content (AvgIpc) is 3.01. The fraction of sp³-hybridized carbons (Fsp3) is 0.176. The molecule has 3 aromatic rings. The van der Waals surface area contributed by atoms with E-state index in [9.17, 15) is 0 Å². The maximum atomic E-state index is 5.24. The zero-order chi connectivity index (χ0) is 14.7. The Morgan fingerprint density at radius 3 is 2.76 bits per heavy atom. The van der Waals surface area contributed by atoms with Crippen LogP contribution in [0.5, 0.6) is 0 Å². The van der Waals surface area contributed by atoms with Crippen LogP contribution in [0.2, 0.25) is 0 Å². The summed E-state index contributed by atoms with van der Waals surface area (Å²) in [5, 5.41) is 11.1. The molecule has 4 nitrogen and oxygen atoms in total. The zero-order valence-corrected chi connectivity index (χ0v) is 12.1. The molecular formula is C17H17N3O. The summed E-state index contributed by atoms with van der Waals surface area (Å²) < 4.78 is 5.24. The Balaban J connectivity index is 1.80. The Kier molecular flexibility index (Phi) is 3.69. The van der Waals surface area contributed by atoms with Crippen molar-refractivity contribution in [3.8, 4) is 11.5 Å². The maximum absolute atomic E-state index is 5.24. The second-order valence-electron chi connectivity index (χ2n) is 5.12. The van der Waals surface area contributed by atoms with Crippen LogP contribution in [0.4, 0.5) is 5.69 Å². The van der Waals surface area contributed by atoms with Crippen molar-refractivity contribution in [1.82, 2.24) is 10.2 Å². The van der Waals surface area contributed by atoms with Crippen LogP contribution in [0.1, 0.15) is 16.7 Å². The molecule has 21 heavy (non-hydrogen) atoms. The van der Waals surface area contributed by atoms with Crippen molar-refractivity contribution in [3.63, 3.8) is 0 Å². The van der Waals surface area contributed by atoms with Crippen LogP contribution in [-0.2, 0) is 6.54 Å². The minimum atomic E-state index is 0.536. The molecule has 0 aliphatic carbocycles. The summed E-state index contributed by atoms with van der Waals surface area (Å²) in [5.74, 6) is 0.536. The molecule has 0 atom stereocenters. The first kappa shape index (κ1) is 13.4. The molecule has 0 unspecified atom stereocenters. The smallest absolute Gasteiger partial charge is 0.247 e. The predicted molar refractivity (Wildman–Crippen MR) is 83.0 cm³/mol. The Hall–Kier alpha value is -2.62. The molecule has 1 aromatic heterocycles. The summed E-state index contributed by atoms with van der Waals surface area (Å²) in [4.78, 5) is 0. The van der Waals surface area contributed by atoms with Gasteiger partial charge in [0.25, 0.3) is 0 Å². The van der Waals surface area contributed by atoms with Crippen LogP contribution < -0.4 is 5.32 Å². The number of nitrogens with zero attached hydrogens (tertiary/aromatic N) is 2. The number of rotatable bonds is 4. The van der Waals surface area contributed by atoms with Gasteiger partial charge in [-0.2, -0.15) is 0 Å². The highest BCUT2D eigenvalue weighted by molar-refractivity contribution is 5.64. The lowest BCUT2D eigenvalue weighted by Crippen LogP contribution is -2.01. The van der Waals surface area contributed by atoms with Crippen LogP contribution in [0.3, 0.4) is 0 Å². The van der Waals surface area contributed by atoms with Crippen LogP contribution in [0.15, 0.2) is 53.3 Å². The van der Waals surface area contributed by atoms with Crippen molar-refractivity contribution in [2.45, 2.75) is 20.4 Å². The van der Waals surface area contributed by atoms with Crippen molar-refractivity contribution in [1.29, 1.82) is 0 Å². The maximum Gasteiger partial charge on any atom is 0.247 e. The van der Waals surface area contributed by atoms with Gasteiger partial charge in [0.05, 0.1) is 0 Å². The minimum absolute atomic E-state index is 0.536. The second-order valence-corrected chi connectivity index (χ2v) is 5.12. The van der Waals surface area contributed by atoms with Crippen molar-refractivity contribution < 1.29 is 4.42 Å². The summed E-state index contributed by atoms with van der Waals surface area (Å²) in [7, 11) is 0. The monoisotopic (exact) mass is 279 g/mol.